The van der Waals surface area contributed by atoms with Crippen molar-refractivity contribution in [1.82, 2.24) is 19.9 Å². The van der Waals surface area contributed by atoms with Crippen molar-refractivity contribution in [3.05, 3.63) is 33.2 Å². The number of thioether (sulfide) groups is 1. The van der Waals surface area contributed by atoms with Crippen molar-refractivity contribution < 1.29 is 9.59 Å². The summed E-state index contributed by atoms with van der Waals surface area (Å²) < 4.78 is 0. The van der Waals surface area contributed by atoms with Gasteiger partial charge in [0.15, 0.2) is 10.3 Å². The number of nitrogens with zero attached hydrogens (tertiary/aromatic N) is 3. The van der Waals surface area contributed by atoms with Crippen LogP contribution in [0, 0.1) is 6.92 Å². The van der Waals surface area contributed by atoms with Crippen LogP contribution in [0.2, 0.25) is 0 Å². The third kappa shape index (κ3) is 4.63. The highest BCUT2D eigenvalue weighted by Crippen LogP contribution is 2.24. The van der Waals surface area contributed by atoms with Crippen LogP contribution in [0.4, 0.5) is 5.13 Å². The van der Waals surface area contributed by atoms with E-state index in [0.29, 0.717) is 20.9 Å². The van der Waals surface area contributed by atoms with Crippen LogP contribution in [0.1, 0.15) is 15.4 Å². The summed E-state index contributed by atoms with van der Waals surface area (Å²) in [4.78, 5) is 47.6. The maximum absolute atomic E-state index is 11.9. The second-order valence-corrected chi connectivity index (χ2v) is 6.67. The van der Waals surface area contributed by atoms with Crippen LogP contribution in [0.3, 0.4) is 0 Å². The summed E-state index contributed by atoms with van der Waals surface area (Å²) in [6, 6.07) is 1.30. The molecule has 23 heavy (non-hydrogen) atoms. The van der Waals surface area contributed by atoms with E-state index in [2.05, 4.69) is 20.3 Å². The van der Waals surface area contributed by atoms with E-state index >= 15 is 0 Å². The molecule has 10 heteroatoms. The van der Waals surface area contributed by atoms with E-state index in [4.69, 9.17) is 0 Å². The van der Waals surface area contributed by atoms with Gasteiger partial charge in [-0.15, -0.1) is 0 Å². The molecular weight excluding hydrogens is 338 g/mol. The maximum Gasteiger partial charge on any atom is 0.265 e. The highest BCUT2D eigenvalue weighted by Gasteiger charge is 2.18. The number of carbonyl (C=O) groups is 2. The molecule has 2 N–H and O–H groups in total. The summed E-state index contributed by atoms with van der Waals surface area (Å²) in [5, 5.41) is 3.37. The first-order valence-electron chi connectivity index (χ1n) is 6.54. The summed E-state index contributed by atoms with van der Waals surface area (Å²) in [5.41, 5.74) is 0.302. The minimum Gasteiger partial charge on any atom is -0.344 e. The fourth-order valence-electron chi connectivity index (χ4n) is 1.57. The summed E-state index contributed by atoms with van der Waals surface area (Å²) in [5.74, 6) is -0.372. The van der Waals surface area contributed by atoms with Gasteiger partial charge in [0.05, 0.1) is 11.4 Å². The van der Waals surface area contributed by atoms with Crippen LogP contribution in [-0.4, -0.2) is 51.5 Å². The van der Waals surface area contributed by atoms with Crippen LogP contribution < -0.4 is 10.9 Å². The van der Waals surface area contributed by atoms with E-state index in [1.54, 1.807) is 21.0 Å². The van der Waals surface area contributed by atoms with Crippen LogP contribution in [0.15, 0.2) is 22.2 Å². The molecule has 0 atom stereocenters. The van der Waals surface area contributed by atoms with Crippen molar-refractivity contribution in [2.45, 2.75) is 12.1 Å². The number of anilines is 1. The molecule has 0 aliphatic heterocycles. The minimum absolute atomic E-state index is 0.0720. The lowest BCUT2D eigenvalue weighted by molar-refractivity contribution is -0.113. The molecule has 0 saturated carbocycles. The lowest BCUT2D eigenvalue weighted by atomic mass is 10.3. The normalized spacial score (nSPS) is 10.4. The fraction of sp³-hybridized carbons (Fsp3) is 0.308. The van der Waals surface area contributed by atoms with Gasteiger partial charge in [0.1, 0.15) is 4.88 Å². The average Bonchev–Trinajstić information content (AvgIpc) is 2.84. The molecule has 8 nitrogen and oxygen atoms in total. The second-order valence-electron chi connectivity index (χ2n) is 4.71. The van der Waals surface area contributed by atoms with Gasteiger partial charge in [0.2, 0.25) is 5.91 Å². The Morgan fingerprint density at radius 3 is 2.83 bits per heavy atom. The first-order chi connectivity index (χ1) is 10.9. The molecule has 0 bridgehead atoms. The molecule has 0 aliphatic carbocycles. The van der Waals surface area contributed by atoms with Crippen molar-refractivity contribution in [3.8, 4) is 0 Å². The SMILES string of the molecule is Cc1nc(NC(=O)CSc2nccc(=O)[nH]2)sc1C(=O)N(C)C. The van der Waals surface area contributed by atoms with Crippen molar-refractivity contribution in [3.63, 3.8) is 0 Å². The lowest BCUT2D eigenvalue weighted by Gasteiger charge is -2.07. The smallest absolute Gasteiger partial charge is 0.265 e. The van der Waals surface area contributed by atoms with Crippen LogP contribution in [0.25, 0.3) is 0 Å². The van der Waals surface area contributed by atoms with Gasteiger partial charge < -0.3 is 15.2 Å². The molecule has 0 fully saturated rings. The van der Waals surface area contributed by atoms with Gasteiger partial charge >= 0.3 is 0 Å². The second kappa shape index (κ2) is 7.38. The minimum atomic E-state index is -0.292. The van der Waals surface area contributed by atoms with Crippen molar-refractivity contribution >= 4 is 40.0 Å². The van der Waals surface area contributed by atoms with Crippen molar-refractivity contribution in [1.29, 1.82) is 0 Å². The number of hydrogen-bond acceptors (Lipinski definition) is 7. The molecule has 0 spiro atoms. The van der Waals surface area contributed by atoms with Gasteiger partial charge in [-0.1, -0.05) is 23.1 Å². The van der Waals surface area contributed by atoms with Gasteiger partial charge in [0, 0.05) is 26.4 Å². The van der Waals surface area contributed by atoms with E-state index in [0.717, 1.165) is 23.1 Å². The zero-order valence-corrected chi connectivity index (χ0v) is 14.4. The van der Waals surface area contributed by atoms with Crippen molar-refractivity contribution in [2.75, 3.05) is 25.2 Å². The monoisotopic (exact) mass is 353 g/mol. The predicted octanol–water partition coefficient (Wildman–Crippen LogP) is 0.967. The molecule has 2 amide bonds. The van der Waals surface area contributed by atoms with Gasteiger partial charge in [-0.3, -0.25) is 14.4 Å². The Kier molecular flexibility index (Phi) is 5.50. The lowest BCUT2D eigenvalue weighted by Crippen LogP contribution is -2.21. The molecular formula is C13H15N5O3S2. The first kappa shape index (κ1) is 17.2. The number of aryl methyl sites for hydroxylation is 1. The number of nitrogens with one attached hydrogen (secondary N) is 2. The number of amides is 2. The summed E-state index contributed by atoms with van der Waals surface area (Å²) >= 11 is 2.24. The number of thiazole rings is 1. The third-order valence-electron chi connectivity index (χ3n) is 2.63. The molecule has 122 valence electrons. The molecule has 0 unspecified atom stereocenters. The number of aromatic nitrogens is 3. The number of H-pyrrole nitrogens is 1. The largest absolute Gasteiger partial charge is 0.344 e. The summed E-state index contributed by atoms with van der Waals surface area (Å²) in [6.07, 6.45) is 1.38. The first-order valence-corrected chi connectivity index (χ1v) is 8.34. The highest BCUT2D eigenvalue weighted by atomic mass is 32.2. The van der Waals surface area contributed by atoms with Gasteiger partial charge in [0.25, 0.3) is 11.5 Å². The molecule has 0 saturated heterocycles. The van der Waals surface area contributed by atoms with Gasteiger partial charge in [-0.2, -0.15) is 0 Å². The van der Waals surface area contributed by atoms with Crippen LogP contribution in [0.5, 0.6) is 0 Å². The predicted molar refractivity (Wildman–Crippen MR) is 89.1 cm³/mol. The fourth-order valence-corrected chi connectivity index (χ4v) is 3.22. The number of aromatic amines is 1. The molecule has 0 radical (unpaired) electrons. The van der Waals surface area contributed by atoms with Gasteiger partial charge in [-0.05, 0) is 6.92 Å². The Morgan fingerprint density at radius 2 is 2.17 bits per heavy atom. The van der Waals surface area contributed by atoms with E-state index in [1.165, 1.54) is 17.2 Å². The zero-order valence-electron chi connectivity index (χ0n) is 12.7. The number of hydrogen-bond donors (Lipinski definition) is 2. The standard InChI is InChI=1S/C13H15N5O3S2/c1-7-10(11(21)18(2)3)23-13(15-7)17-9(20)6-22-12-14-5-4-8(19)16-12/h4-5H,6H2,1-3H3,(H,14,16,19)(H,15,17,20). The Hall–Kier alpha value is -2.20. The van der Waals surface area contributed by atoms with Crippen molar-refractivity contribution in [2.24, 2.45) is 0 Å². The van der Waals surface area contributed by atoms with Crippen LogP contribution in [-0.2, 0) is 4.79 Å². The molecule has 0 aromatic carbocycles. The maximum atomic E-state index is 11.9. The highest BCUT2D eigenvalue weighted by molar-refractivity contribution is 7.99. The topological polar surface area (TPSA) is 108 Å². The van der Waals surface area contributed by atoms with E-state index < -0.39 is 0 Å². The Balaban J connectivity index is 1.97. The average molecular weight is 353 g/mol. The molecule has 2 aromatic rings. The molecule has 2 rings (SSSR count). The van der Waals surface area contributed by atoms with E-state index in [1.807, 2.05) is 0 Å². The molecule has 2 aromatic heterocycles. The Bertz CT molecular complexity index is 784. The van der Waals surface area contributed by atoms with E-state index in [-0.39, 0.29) is 23.1 Å². The number of carbonyl (C=O) groups excluding carboxylic acids is 2. The zero-order chi connectivity index (χ0) is 17.0. The van der Waals surface area contributed by atoms with Crippen LogP contribution >= 0.6 is 23.1 Å². The van der Waals surface area contributed by atoms with Gasteiger partial charge in [-0.25, -0.2) is 9.97 Å². The Labute approximate surface area is 140 Å². The number of rotatable bonds is 5. The summed E-state index contributed by atoms with van der Waals surface area (Å²) in [6.45, 7) is 1.72. The molecule has 2 heterocycles. The third-order valence-corrected chi connectivity index (χ3v) is 4.58. The molecule has 0 aliphatic rings. The Morgan fingerprint density at radius 1 is 1.43 bits per heavy atom. The van der Waals surface area contributed by atoms with E-state index in [9.17, 15) is 14.4 Å². The quantitative estimate of drug-likeness (QED) is 0.612. The summed E-state index contributed by atoms with van der Waals surface area (Å²) in [7, 11) is 3.31.